The highest BCUT2D eigenvalue weighted by Gasteiger charge is 2.55. The van der Waals surface area contributed by atoms with Crippen LogP contribution in [0, 0.1) is 5.92 Å². The number of carbonyl (C=O) groups is 1. The Bertz CT molecular complexity index is 811. The molecule has 5 nitrogen and oxygen atoms in total. The van der Waals surface area contributed by atoms with Crippen LogP contribution in [0.3, 0.4) is 0 Å². The highest BCUT2D eigenvalue weighted by Crippen LogP contribution is 2.48. The number of nitrogens with one attached hydrogen (secondary N) is 2. The quantitative estimate of drug-likeness (QED) is 0.772. The summed E-state index contributed by atoms with van der Waals surface area (Å²) in [5.41, 5.74) is 8.27. The lowest BCUT2D eigenvalue weighted by Gasteiger charge is -2.31. The molecule has 3 N–H and O–H groups in total. The number of nitrogens with zero attached hydrogens (tertiary/aromatic N) is 1. The third-order valence-electron chi connectivity index (χ3n) is 5.36. The van der Waals surface area contributed by atoms with Gasteiger partial charge < -0.3 is 10.0 Å². The molecule has 0 aliphatic carbocycles. The second-order valence-electron chi connectivity index (χ2n) is 6.91. The van der Waals surface area contributed by atoms with E-state index in [0.717, 1.165) is 17.5 Å². The van der Waals surface area contributed by atoms with E-state index in [1.807, 2.05) is 41.3 Å². The largest absolute Gasteiger partial charge is 0.508 e. The molecule has 6 heteroatoms. The van der Waals surface area contributed by atoms with Crippen LogP contribution >= 0.6 is 11.6 Å². The van der Waals surface area contributed by atoms with E-state index in [4.69, 9.17) is 11.6 Å². The van der Waals surface area contributed by atoms with E-state index >= 15 is 0 Å². The van der Waals surface area contributed by atoms with Gasteiger partial charge in [-0.15, -0.1) is 0 Å². The van der Waals surface area contributed by atoms with E-state index in [1.165, 1.54) is 0 Å². The van der Waals surface area contributed by atoms with E-state index < -0.39 is 0 Å². The van der Waals surface area contributed by atoms with Gasteiger partial charge in [-0.05, 0) is 30.2 Å². The maximum absolute atomic E-state index is 13.0. The van der Waals surface area contributed by atoms with Gasteiger partial charge in [0, 0.05) is 23.0 Å². The van der Waals surface area contributed by atoms with Crippen LogP contribution in [0.2, 0.25) is 5.02 Å². The predicted molar refractivity (Wildman–Crippen MR) is 101 cm³/mol. The Morgan fingerprint density at radius 3 is 2.46 bits per heavy atom. The number of aromatic hydroxyl groups is 1. The van der Waals surface area contributed by atoms with Gasteiger partial charge in [0.25, 0.3) is 0 Å². The first kappa shape index (κ1) is 17.3. The average Bonchev–Trinajstić information content (AvgIpc) is 3.17. The van der Waals surface area contributed by atoms with Gasteiger partial charge in [0.1, 0.15) is 11.8 Å². The highest BCUT2D eigenvalue weighted by molar-refractivity contribution is 6.30. The van der Waals surface area contributed by atoms with Crippen LogP contribution < -0.4 is 10.9 Å². The zero-order valence-corrected chi connectivity index (χ0v) is 15.3. The summed E-state index contributed by atoms with van der Waals surface area (Å²) in [5.74, 6) is 0.314. The fourth-order valence-corrected chi connectivity index (χ4v) is 4.39. The second-order valence-corrected chi connectivity index (χ2v) is 7.34. The molecule has 136 valence electrons. The molecule has 4 rings (SSSR count). The number of hydrazine groups is 1. The Morgan fingerprint density at radius 2 is 1.77 bits per heavy atom. The van der Waals surface area contributed by atoms with E-state index in [2.05, 4.69) is 17.8 Å². The molecule has 0 spiro atoms. The maximum atomic E-state index is 13.0. The van der Waals surface area contributed by atoms with Gasteiger partial charge in [0.15, 0.2) is 0 Å². The Morgan fingerprint density at radius 1 is 1.08 bits per heavy atom. The fraction of sp³-hybridized carbons (Fsp3) is 0.350. The third-order valence-corrected chi connectivity index (χ3v) is 5.61. The molecule has 2 heterocycles. The first-order valence-corrected chi connectivity index (χ1v) is 9.34. The minimum atomic E-state index is -0.313. The molecule has 0 saturated carbocycles. The van der Waals surface area contributed by atoms with Crippen LogP contribution in [-0.2, 0) is 4.79 Å². The number of hydrogen-bond acceptors (Lipinski definition) is 4. The maximum Gasteiger partial charge on any atom is 0.242 e. The molecule has 0 aromatic heterocycles. The SMILES string of the molecule is CCCN1C(=O)C2NNC(c3ccccc3O)C2C1c1ccc(Cl)cc1. The summed E-state index contributed by atoms with van der Waals surface area (Å²) in [6, 6.07) is 14.5. The van der Waals surface area contributed by atoms with Crippen molar-refractivity contribution < 1.29 is 9.90 Å². The van der Waals surface area contributed by atoms with Crippen LogP contribution in [0.15, 0.2) is 48.5 Å². The van der Waals surface area contributed by atoms with Gasteiger partial charge in [0.2, 0.25) is 5.91 Å². The monoisotopic (exact) mass is 371 g/mol. The summed E-state index contributed by atoms with van der Waals surface area (Å²) in [5, 5.41) is 11.0. The first-order chi connectivity index (χ1) is 12.6. The van der Waals surface area contributed by atoms with Gasteiger partial charge in [0.05, 0.1) is 12.1 Å². The molecule has 2 aromatic carbocycles. The van der Waals surface area contributed by atoms with E-state index in [9.17, 15) is 9.90 Å². The van der Waals surface area contributed by atoms with Crippen LogP contribution in [0.5, 0.6) is 5.75 Å². The fourth-order valence-electron chi connectivity index (χ4n) is 4.27. The number of likely N-dealkylation sites (tertiary alicyclic amines) is 1. The predicted octanol–water partition coefficient (Wildman–Crippen LogP) is 3.17. The van der Waals surface area contributed by atoms with Crippen molar-refractivity contribution in [2.45, 2.75) is 31.5 Å². The molecule has 4 atom stereocenters. The van der Waals surface area contributed by atoms with Crippen molar-refractivity contribution >= 4 is 17.5 Å². The zero-order chi connectivity index (χ0) is 18.3. The molecule has 1 amide bonds. The third kappa shape index (κ3) is 2.76. The summed E-state index contributed by atoms with van der Waals surface area (Å²) >= 11 is 6.06. The van der Waals surface area contributed by atoms with Gasteiger partial charge in [-0.2, -0.15) is 0 Å². The van der Waals surface area contributed by atoms with E-state index in [1.54, 1.807) is 12.1 Å². The number of phenolic OH excluding ortho intramolecular Hbond substituents is 1. The van der Waals surface area contributed by atoms with Crippen molar-refractivity contribution in [2.24, 2.45) is 5.92 Å². The lowest BCUT2D eigenvalue weighted by atomic mass is 9.83. The highest BCUT2D eigenvalue weighted by atomic mass is 35.5. The minimum Gasteiger partial charge on any atom is -0.508 e. The van der Waals surface area contributed by atoms with Crippen LogP contribution in [0.25, 0.3) is 0 Å². The summed E-state index contributed by atoms with van der Waals surface area (Å²) in [4.78, 5) is 15.0. The lowest BCUT2D eigenvalue weighted by molar-refractivity contribution is -0.130. The number of hydrogen-bond donors (Lipinski definition) is 3. The number of rotatable bonds is 4. The second kappa shape index (κ2) is 6.91. The summed E-state index contributed by atoms with van der Waals surface area (Å²) < 4.78 is 0. The average molecular weight is 372 g/mol. The Hall–Kier alpha value is -2.08. The molecule has 2 saturated heterocycles. The molecule has 0 bridgehead atoms. The van der Waals surface area contributed by atoms with Crippen molar-refractivity contribution in [3.05, 3.63) is 64.7 Å². The van der Waals surface area contributed by atoms with Gasteiger partial charge in [-0.3, -0.25) is 4.79 Å². The first-order valence-electron chi connectivity index (χ1n) is 8.96. The van der Waals surface area contributed by atoms with E-state index in [0.29, 0.717) is 11.6 Å². The Labute approximate surface area is 157 Å². The number of phenols is 1. The standard InChI is InChI=1S/C20H22ClN3O2/c1-2-11-24-19(12-7-9-13(21)10-8-12)16-17(22-23-18(16)20(24)26)14-5-3-4-6-15(14)25/h3-10,16-19,22-23,25H,2,11H2,1H3. The molecule has 2 aliphatic heterocycles. The summed E-state index contributed by atoms with van der Waals surface area (Å²) in [6.45, 7) is 2.78. The Balaban J connectivity index is 1.78. The molecule has 2 fully saturated rings. The number of amides is 1. The number of para-hydroxylation sites is 1. The number of carbonyl (C=O) groups excluding carboxylic acids is 1. The zero-order valence-electron chi connectivity index (χ0n) is 14.5. The molecular weight excluding hydrogens is 350 g/mol. The summed E-state index contributed by atoms with van der Waals surface area (Å²) in [7, 11) is 0. The van der Waals surface area contributed by atoms with Crippen molar-refractivity contribution in [3.63, 3.8) is 0 Å². The van der Waals surface area contributed by atoms with Crippen molar-refractivity contribution in [3.8, 4) is 5.75 Å². The van der Waals surface area contributed by atoms with E-state index in [-0.39, 0.29) is 35.7 Å². The molecule has 0 radical (unpaired) electrons. The Kier molecular flexibility index (Phi) is 4.61. The van der Waals surface area contributed by atoms with Crippen molar-refractivity contribution in [1.29, 1.82) is 0 Å². The minimum absolute atomic E-state index is 0.0245. The normalized spacial score (nSPS) is 27.8. The van der Waals surface area contributed by atoms with Crippen LogP contribution in [0.4, 0.5) is 0 Å². The molecule has 26 heavy (non-hydrogen) atoms. The molecule has 4 unspecified atom stereocenters. The summed E-state index contributed by atoms with van der Waals surface area (Å²) in [6.07, 6.45) is 0.893. The van der Waals surface area contributed by atoms with Crippen LogP contribution in [0.1, 0.15) is 36.6 Å². The number of benzene rings is 2. The smallest absolute Gasteiger partial charge is 0.242 e. The number of fused-ring (bicyclic) bond motifs is 1. The topological polar surface area (TPSA) is 64.6 Å². The lowest BCUT2D eigenvalue weighted by Crippen LogP contribution is -2.41. The van der Waals surface area contributed by atoms with Gasteiger partial charge in [-0.25, -0.2) is 10.9 Å². The van der Waals surface area contributed by atoms with Crippen LogP contribution in [-0.4, -0.2) is 28.5 Å². The van der Waals surface area contributed by atoms with Gasteiger partial charge >= 0.3 is 0 Å². The molecule has 2 aliphatic rings. The number of halogens is 1. The van der Waals surface area contributed by atoms with Gasteiger partial charge in [-0.1, -0.05) is 48.9 Å². The van der Waals surface area contributed by atoms with Crippen molar-refractivity contribution in [2.75, 3.05) is 6.54 Å². The molecular formula is C20H22ClN3O2. The van der Waals surface area contributed by atoms with Crippen molar-refractivity contribution in [1.82, 2.24) is 15.8 Å². The molecule has 2 aromatic rings.